The molecule has 0 spiro atoms. The minimum absolute atomic E-state index is 0.145. The third kappa shape index (κ3) is 3.14. The van der Waals surface area contributed by atoms with Crippen LogP contribution in [0.4, 0.5) is 0 Å². The number of likely N-dealkylation sites (N-methyl/N-ethyl adjacent to an activating group) is 1. The van der Waals surface area contributed by atoms with Gasteiger partial charge >= 0.3 is 5.97 Å². The molecule has 0 bridgehead atoms. The molecule has 0 aromatic heterocycles. The van der Waals surface area contributed by atoms with E-state index in [9.17, 15) is 13.2 Å². The number of morpholine rings is 1. The van der Waals surface area contributed by atoms with E-state index in [1.807, 2.05) is 0 Å². The van der Waals surface area contributed by atoms with Crippen LogP contribution in [0.5, 0.6) is 0 Å². The van der Waals surface area contributed by atoms with Crippen molar-refractivity contribution >= 4 is 16.2 Å². The van der Waals surface area contributed by atoms with Gasteiger partial charge in [0.2, 0.25) is 0 Å². The van der Waals surface area contributed by atoms with E-state index in [1.54, 1.807) is 6.92 Å². The summed E-state index contributed by atoms with van der Waals surface area (Å²) in [4.78, 5) is 10.5. The van der Waals surface area contributed by atoms with Gasteiger partial charge in [-0.05, 0) is 0 Å². The Labute approximate surface area is 94.8 Å². The van der Waals surface area contributed by atoms with E-state index < -0.39 is 22.7 Å². The lowest BCUT2D eigenvalue weighted by atomic mass is 10.5. The second-order valence-corrected chi connectivity index (χ2v) is 5.27. The number of aliphatic carboxylic acids is 1. The van der Waals surface area contributed by atoms with Crippen molar-refractivity contribution in [1.29, 1.82) is 0 Å². The van der Waals surface area contributed by atoms with Gasteiger partial charge in [-0.1, -0.05) is 6.92 Å². The van der Waals surface area contributed by atoms with Crippen molar-refractivity contribution < 1.29 is 23.1 Å². The van der Waals surface area contributed by atoms with Gasteiger partial charge < -0.3 is 9.84 Å². The van der Waals surface area contributed by atoms with Crippen LogP contribution >= 0.6 is 0 Å². The molecule has 0 saturated carbocycles. The molecule has 0 atom stereocenters. The van der Waals surface area contributed by atoms with Crippen molar-refractivity contribution in [3.8, 4) is 0 Å². The summed E-state index contributed by atoms with van der Waals surface area (Å²) >= 11 is 0. The molecule has 0 aromatic rings. The Bertz CT molecular complexity index is 336. The van der Waals surface area contributed by atoms with Crippen molar-refractivity contribution in [2.45, 2.75) is 6.92 Å². The van der Waals surface area contributed by atoms with Gasteiger partial charge in [-0.3, -0.25) is 4.79 Å². The zero-order chi connectivity index (χ0) is 12.2. The lowest BCUT2D eigenvalue weighted by Gasteiger charge is -2.30. The van der Waals surface area contributed by atoms with Gasteiger partial charge in [-0.25, -0.2) is 0 Å². The van der Waals surface area contributed by atoms with Crippen molar-refractivity contribution in [2.75, 3.05) is 39.4 Å². The Morgan fingerprint density at radius 2 is 2.00 bits per heavy atom. The van der Waals surface area contributed by atoms with Gasteiger partial charge in [0.15, 0.2) is 0 Å². The summed E-state index contributed by atoms with van der Waals surface area (Å²) in [6, 6.07) is 0. The summed E-state index contributed by atoms with van der Waals surface area (Å²) in [5.41, 5.74) is 0. The summed E-state index contributed by atoms with van der Waals surface area (Å²) < 4.78 is 31.2. The molecule has 1 saturated heterocycles. The highest BCUT2D eigenvalue weighted by molar-refractivity contribution is 7.86. The van der Waals surface area contributed by atoms with E-state index in [0.717, 1.165) is 4.31 Å². The highest BCUT2D eigenvalue weighted by atomic mass is 32.2. The topological polar surface area (TPSA) is 87.2 Å². The Kier molecular flexibility index (Phi) is 4.66. The molecule has 0 radical (unpaired) electrons. The predicted molar refractivity (Wildman–Crippen MR) is 56.2 cm³/mol. The molecule has 16 heavy (non-hydrogen) atoms. The minimum Gasteiger partial charge on any atom is -0.480 e. The SMILES string of the molecule is CCN(CC(=O)O)S(=O)(=O)N1CCOCC1. The van der Waals surface area contributed by atoms with Crippen LogP contribution in [0.2, 0.25) is 0 Å². The molecule has 1 aliphatic rings. The van der Waals surface area contributed by atoms with Crippen LogP contribution in [0, 0.1) is 0 Å². The van der Waals surface area contributed by atoms with Crippen LogP contribution in [0.25, 0.3) is 0 Å². The predicted octanol–water partition coefficient (Wildman–Crippen LogP) is -1.03. The summed E-state index contributed by atoms with van der Waals surface area (Å²) in [5, 5.41) is 8.63. The van der Waals surface area contributed by atoms with Gasteiger partial charge in [-0.2, -0.15) is 17.0 Å². The van der Waals surface area contributed by atoms with Gasteiger partial charge in [0, 0.05) is 19.6 Å². The minimum atomic E-state index is -3.66. The van der Waals surface area contributed by atoms with Crippen LogP contribution in [0.1, 0.15) is 6.92 Å². The lowest BCUT2D eigenvalue weighted by molar-refractivity contribution is -0.137. The fourth-order valence-electron chi connectivity index (χ4n) is 1.45. The average Bonchev–Trinajstić information content (AvgIpc) is 2.26. The molecule has 0 unspecified atom stereocenters. The van der Waals surface area contributed by atoms with Crippen LogP contribution in [0.3, 0.4) is 0 Å². The van der Waals surface area contributed by atoms with Crippen molar-refractivity contribution in [3.05, 3.63) is 0 Å². The standard InChI is InChI=1S/C8H16N2O5S/c1-2-9(7-8(11)12)16(13,14)10-3-5-15-6-4-10/h2-7H2,1H3,(H,11,12). The number of carbonyl (C=O) groups is 1. The van der Waals surface area contributed by atoms with Crippen LogP contribution in [0.15, 0.2) is 0 Å². The van der Waals surface area contributed by atoms with Gasteiger partial charge in [0.05, 0.1) is 13.2 Å². The zero-order valence-electron chi connectivity index (χ0n) is 9.13. The quantitative estimate of drug-likeness (QED) is 0.676. The van der Waals surface area contributed by atoms with Crippen molar-refractivity contribution in [3.63, 3.8) is 0 Å². The Morgan fingerprint density at radius 3 is 2.44 bits per heavy atom. The van der Waals surface area contributed by atoms with Crippen molar-refractivity contribution in [1.82, 2.24) is 8.61 Å². The Hall–Kier alpha value is -0.700. The molecular weight excluding hydrogens is 236 g/mol. The van der Waals surface area contributed by atoms with E-state index in [-0.39, 0.29) is 19.6 Å². The summed E-state index contributed by atoms with van der Waals surface area (Å²) in [5.74, 6) is -1.15. The van der Waals surface area contributed by atoms with E-state index >= 15 is 0 Å². The van der Waals surface area contributed by atoms with Crippen molar-refractivity contribution in [2.24, 2.45) is 0 Å². The molecule has 0 aliphatic carbocycles. The van der Waals surface area contributed by atoms with Crippen LogP contribution in [-0.4, -0.2) is 67.5 Å². The van der Waals surface area contributed by atoms with E-state index in [0.29, 0.717) is 13.2 Å². The van der Waals surface area contributed by atoms with Crippen LogP contribution < -0.4 is 0 Å². The highest BCUT2D eigenvalue weighted by Crippen LogP contribution is 2.10. The summed E-state index contributed by atoms with van der Waals surface area (Å²) in [6.45, 7) is 2.51. The van der Waals surface area contributed by atoms with E-state index in [4.69, 9.17) is 9.84 Å². The maximum absolute atomic E-state index is 12.0. The third-order valence-electron chi connectivity index (χ3n) is 2.29. The average molecular weight is 252 g/mol. The molecule has 1 heterocycles. The molecule has 0 amide bonds. The first-order valence-corrected chi connectivity index (χ1v) is 6.43. The molecule has 1 aliphatic heterocycles. The molecule has 0 aromatic carbocycles. The molecule has 1 rings (SSSR count). The molecule has 1 N–H and O–H groups in total. The monoisotopic (exact) mass is 252 g/mol. The Morgan fingerprint density at radius 1 is 1.44 bits per heavy atom. The largest absolute Gasteiger partial charge is 0.480 e. The zero-order valence-corrected chi connectivity index (χ0v) is 9.94. The summed E-state index contributed by atoms with van der Waals surface area (Å²) in [6.07, 6.45) is 0. The normalized spacial score (nSPS) is 18.9. The smallest absolute Gasteiger partial charge is 0.318 e. The summed E-state index contributed by atoms with van der Waals surface area (Å²) in [7, 11) is -3.66. The number of carboxylic acids is 1. The maximum atomic E-state index is 12.0. The van der Waals surface area contributed by atoms with Gasteiger partial charge in [0.1, 0.15) is 6.54 Å². The third-order valence-corrected chi connectivity index (χ3v) is 4.34. The molecule has 1 fully saturated rings. The van der Waals surface area contributed by atoms with Crippen LogP contribution in [-0.2, 0) is 19.7 Å². The number of hydrogen-bond donors (Lipinski definition) is 1. The number of carboxylic acid groups (broad SMARTS) is 1. The number of ether oxygens (including phenoxy) is 1. The van der Waals surface area contributed by atoms with E-state index in [2.05, 4.69) is 0 Å². The van der Waals surface area contributed by atoms with E-state index in [1.165, 1.54) is 4.31 Å². The fourth-order valence-corrected chi connectivity index (χ4v) is 2.98. The first-order valence-electron chi connectivity index (χ1n) is 5.03. The number of rotatable bonds is 5. The second kappa shape index (κ2) is 5.58. The highest BCUT2D eigenvalue weighted by Gasteiger charge is 2.31. The molecule has 94 valence electrons. The molecule has 8 heteroatoms. The second-order valence-electron chi connectivity index (χ2n) is 3.34. The number of nitrogens with zero attached hydrogens (tertiary/aromatic N) is 2. The molecule has 7 nitrogen and oxygen atoms in total. The number of hydrogen-bond acceptors (Lipinski definition) is 4. The van der Waals surface area contributed by atoms with Gasteiger partial charge in [-0.15, -0.1) is 0 Å². The lowest BCUT2D eigenvalue weighted by Crippen LogP contribution is -2.49. The first kappa shape index (κ1) is 13.4. The van der Waals surface area contributed by atoms with Gasteiger partial charge in [0.25, 0.3) is 10.2 Å². The Balaban J connectivity index is 2.76. The fraction of sp³-hybridized carbons (Fsp3) is 0.875. The maximum Gasteiger partial charge on any atom is 0.318 e. The molecular formula is C8H16N2O5S. The first-order chi connectivity index (χ1) is 7.48.